The average Bonchev–Trinajstić information content (AvgIpc) is 3.30. The van der Waals surface area contributed by atoms with E-state index in [1.807, 2.05) is 13.8 Å². The number of benzene rings is 2. The molecule has 0 aliphatic heterocycles. The van der Waals surface area contributed by atoms with Gasteiger partial charge in [0.05, 0.1) is 10.6 Å². The largest absolute Gasteiger partial charge is 0.417 e. The molecule has 2 aromatic heterocycles. The van der Waals surface area contributed by atoms with Gasteiger partial charge in [0.2, 0.25) is 0 Å². The second kappa shape index (κ2) is 10.9. The maximum absolute atomic E-state index is 13.1. The smallest absolute Gasteiger partial charge is 0.335 e. The predicted molar refractivity (Wildman–Crippen MR) is 138 cm³/mol. The Kier molecular flexibility index (Phi) is 7.67. The van der Waals surface area contributed by atoms with Crippen LogP contribution in [0.3, 0.4) is 0 Å². The zero-order valence-electron chi connectivity index (χ0n) is 20.1. The first-order chi connectivity index (χ1) is 18.0. The summed E-state index contributed by atoms with van der Waals surface area (Å²) in [5.74, 6) is 0.250. The molecule has 14 heteroatoms. The minimum atomic E-state index is -4.65. The van der Waals surface area contributed by atoms with Crippen LogP contribution in [0.25, 0.3) is 16.9 Å². The van der Waals surface area contributed by atoms with E-state index >= 15 is 0 Å². The number of nitrogens with zero attached hydrogens (tertiary/aromatic N) is 4. The number of alkyl halides is 3. The SMILES string of the molecule is CCC(C)NC(=O)Nc1ncnc2c1ncn2-c1ccc(NC(=O)Nc2ccc(Cl)c(C(F)(F)F)c2)cc1. The second-order valence-corrected chi connectivity index (χ2v) is 8.64. The number of anilines is 3. The molecule has 4 amide bonds. The van der Waals surface area contributed by atoms with Crippen molar-refractivity contribution in [1.29, 1.82) is 0 Å². The van der Waals surface area contributed by atoms with Gasteiger partial charge in [-0.05, 0) is 55.8 Å². The topological polar surface area (TPSA) is 126 Å². The van der Waals surface area contributed by atoms with E-state index in [9.17, 15) is 22.8 Å². The lowest BCUT2D eigenvalue weighted by molar-refractivity contribution is -0.137. The number of amides is 4. The zero-order valence-corrected chi connectivity index (χ0v) is 20.9. The molecule has 1 unspecified atom stereocenters. The highest BCUT2D eigenvalue weighted by molar-refractivity contribution is 6.31. The summed E-state index contributed by atoms with van der Waals surface area (Å²) >= 11 is 5.61. The van der Waals surface area contributed by atoms with Crippen molar-refractivity contribution in [3.05, 3.63) is 65.7 Å². The normalized spacial score (nSPS) is 12.2. The lowest BCUT2D eigenvalue weighted by Gasteiger charge is -2.13. The predicted octanol–water partition coefficient (Wildman–Crippen LogP) is 6.05. The highest BCUT2D eigenvalue weighted by Gasteiger charge is 2.33. The maximum Gasteiger partial charge on any atom is 0.417 e. The molecular formula is C24H22ClF3N8O2. The molecule has 2 aromatic carbocycles. The summed E-state index contributed by atoms with van der Waals surface area (Å²) in [5.41, 5.74) is 0.754. The third kappa shape index (κ3) is 6.11. The highest BCUT2D eigenvalue weighted by atomic mass is 35.5. The van der Waals surface area contributed by atoms with E-state index in [0.717, 1.165) is 18.6 Å². The number of nitrogens with one attached hydrogen (secondary N) is 4. The Morgan fingerprint density at radius 2 is 1.66 bits per heavy atom. The van der Waals surface area contributed by atoms with Gasteiger partial charge in [-0.3, -0.25) is 9.88 Å². The number of carbonyl (C=O) groups is 2. The Bertz CT molecular complexity index is 1470. The van der Waals surface area contributed by atoms with Crippen molar-refractivity contribution >= 4 is 52.0 Å². The molecule has 0 saturated heterocycles. The number of urea groups is 2. The minimum Gasteiger partial charge on any atom is -0.335 e. The molecule has 1 atom stereocenters. The van der Waals surface area contributed by atoms with Crippen molar-refractivity contribution in [1.82, 2.24) is 24.8 Å². The Hall–Kier alpha value is -4.39. The summed E-state index contributed by atoms with van der Waals surface area (Å²) in [4.78, 5) is 37.2. The first-order valence-electron chi connectivity index (χ1n) is 11.4. The average molecular weight is 547 g/mol. The van der Waals surface area contributed by atoms with Gasteiger partial charge in [-0.15, -0.1) is 0 Å². The van der Waals surface area contributed by atoms with Gasteiger partial charge >= 0.3 is 18.2 Å². The summed E-state index contributed by atoms with van der Waals surface area (Å²) < 4.78 is 40.8. The lowest BCUT2D eigenvalue weighted by atomic mass is 10.2. The molecule has 4 N–H and O–H groups in total. The molecule has 0 bridgehead atoms. The highest BCUT2D eigenvalue weighted by Crippen LogP contribution is 2.36. The summed E-state index contributed by atoms with van der Waals surface area (Å²) in [6.45, 7) is 3.84. The zero-order chi connectivity index (χ0) is 27.4. The van der Waals surface area contributed by atoms with Crippen molar-refractivity contribution in [3.63, 3.8) is 0 Å². The van der Waals surface area contributed by atoms with Crippen LogP contribution in [0, 0.1) is 0 Å². The molecule has 2 heterocycles. The van der Waals surface area contributed by atoms with Crippen LogP contribution in [0.1, 0.15) is 25.8 Å². The summed E-state index contributed by atoms with van der Waals surface area (Å²) in [6, 6.07) is 8.51. The molecule has 0 aliphatic rings. The minimum absolute atomic E-state index is 0.0114. The van der Waals surface area contributed by atoms with Crippen LogP contribution >= 0.6 is 11.6 Å². The molecule has 10 nitrogen and oxygen atoms in total. The van der Waals surface area contributed by atoms with Crippen LogP contribution in [0.5, 0.6) is 0 Å². The van der Waals surface area contributed by atoms with E-state index < -0.39 is 28.8 Å². The van der Waals surface area contributed by atoms with Gasteiger partial charge in [0.1, 0.15) is 12.7 Å². The molecule has 0 aliphatic carbocycles. The summed E-state index contributed by atoms with van der Waals surface area (Å²) in [7, 11) is 0. The summed E-state index contributed by atoms with van der Waals surface area (Å²) in [6.07, 6.45) is -1.06. The van der Waals surface area contributed by atoms with Crippen LogP contribution < -0.4 is 21.3 Å². The molecule has 4 rings (SSSR count). The fourth-order valence-electron chi connectivity index (χ4n) is 3.40. The van der Waals surface area contributed by atoms with Crippen molar-refractivity contribution in [2.75, 3.05) is 16.0 Å². The van der Waals surface area contributed by atoms with Gasteiger partial charge in [-0.1, -0.05) is 18.5 Å². The van der Waals surface area contributed by atoms with Crippen molar-refractivity contribution in [3.8, 4) is 5.69 Å². The van der Waals surface area contributed by atoms with Gasteiger partial charge in [0.25, 0.3) is 0 Å². The van der Waals surface area contributed by atoms with Gasteiger partial charge in [0, 0.05) is 23.1 Å². The number of imidazole rings is 1. The number of fused-ring (bicyclic) bond motifs is 1. The standard InChI is InChI=1S/C24H22ClF3N8O2/c1-3-13(2)32-22(37)35-20-19-21(30-11-29-20)36(12-31-19)16-7-4-14(5-8-16)33-23(38)34-15-6-9-18(25)17(10-15)24(26,27)28/h4-13H,3H2,1-2H3,(H2,33,34,38)(H2,29,30,32,35,37). The number of carbonyl (C=O) groups excluding carboxylic acids is 2. The molecule has 4 aromatic rings. The van der Waals surface area contributed by atoms with Crippen molar-refractivity contribution in [2.45, 2.75) is 32.5 Å². The Labute approximate surface area is 219 Å². The first-order valence-corrected chi connectivity index (χ1v) is 11.7. The molecule has 38 heavy (non-hydrogen) atoms. The van der Waals surface area contributed by atoms with Crippen LogP contribution in [0.2, 0.25) is 5.02 Å². The number of aromatic nitrogens is 4. The fraction of sp³-hybridized carbons (Fsp3) is 0.208. The van der Waals surface area contributed by atoms with Crippen LogP contribution in [-0.4, -0.2) is 37.6 Å². The van der Waals surface area contributed by atoms with Gasteiger partial charge in [0.15, 0.2) is 17.0 Å². The second-order valence-electron chi connectivity index (χ2n) is 8.24. The number of hydrogen-bond donors (Lipinski definition) is 4. The monoisotopic (exact) mass is 546 g/mol. The molecule has 0 saturated carbocycles. The van der Waals surface area contributed by atoms with E-state index in [4.69, 9.17) is 11.6 Å². The van der Waals surface area contributed by atoms with E-state index in [1.165, 1.54) is 18.7 Å². The van der Waals surface area contributed by atoms with Gasteiger partial charge in [-0.2, -0.15) is 13.2 Å². The van der Waals surface area contributed by atoms with Gasteiger partial charge in [-0.25, -0.2) is 24.5 Å². The van der Waals surface area contributed by atoms with E-state index in [-0.39, 0.29) is 17.5 Å². The molecule has 198 valence electrons. The molecular weight excluding hydrogens is 525 g/mol. The Morgan fingerprint density at radius 3 is 2.34 bits per heavy atom. The quantitative estimate of drug-likeness (QED) is 0.234. The number of hydrogen-bond acceptors (Lipinski definition) is 5. The Balaban J connectivity index is 1.46. The van der Waals surface area contributed by atoms with Crippen molar-refractivity contribution < 1.29 is 22.8 Å². The number of halogens is 4. The maximum atomic E-state index is 13.1. The van der Waals surface area contributed by atoms with E-state index in [2.05, 4.69) is 36.2 Å². The molecule has 0 fully saturated rings. The molecule has 0 radical (unpaired) electrons. The van der Waals surface area contributed by atoms with Crippen LogP contribution in [0.15, 0.2) is 55.1 Å². The third-order valence-corrected chi connectivity index (χ3v) is 5.82. The van der Waals surface area contributed by atoms with Crippen LogP contribution in [0.4, 0.5) is 40.0 Å². The van der Waals surface area contributed by atoms with Crippen LogP contribution in [-0.2, 0) is 6.18 Å². The Morgan fingerprint density at radius 1 is 0.974 bits per heavy atom. The third-order valence-electron chi connectivity index (χ3n) is 5.49. The van der Waals surface area contributed by atoms with Gasteiger partial charge < -0.3 is 16.0 Å². The summed E-state index contributed by atoms with van der Waals surface area (Å²) in [5, 5.41) is 9.91. The fourth-order valence-corrected chi connectivity index (χ4v) is 3.63. The lowest BCUT2D eigenvalue weighted by Crippen LogP contribution is -2.35. The van der Waals surface area contributed by atoms with E-state index in [0.29, 0.717) is 22.5 Å². The number of rotatable bonds is 6. The van der Waals surface area contributed by atoms with E-state index in [1.54, 1.807) is 28.8 Å². The molecule has 0 spiro atoms. The van der Waals surface area contributed by atoms with Crippen molar-refractivity contribution in [2.24, 2.45) is 0 Å². The first kappa shape index (κ1) is 26.7.